The second-order valence-electron chi connectivity index (χ2n) is 4.05. The number of rotatable bonds is 8. The third-order valence-electron chi connectivity index (χ3n) is 1.75. The molecule has 0 saturated heterocycles. The summed E-state index contributed by atoms with van der Waals surface area (Å²) in [6, 6.07) is 0. The van der Waals surface area contributed by atoms with E-state index in [2.05, 4.69) is 6.58 Å². The summed E-state index contributed by atoms with van der Waals surface area (Å²) in [5.41, 5.74) is 0.184. The van der Waals surface area contributed by atoms with Crippen LogP contribution in [0.4, 0.5) is 0 Å². The fourth-order valence-corrected chi connectivity index (χ4v) is 2.79. The molecule has 0 amide bonds. The summed E-state index contributed by atoms with van der Waals surface area (Å²) >= 11 is 0. The topological polar surface area (TPSA) is 114 Å². The zero-order valence-corrected chi connectivity index (χ0v) is 13.8. The Labute approximate surface area is 128 Å². The Morgan fingerprint density at radius 1 is 0.818 bits per heavy atom. The highest BCUT2D eigenvalue weighted by atomic mass is 28.4. The minimum Gasteiger partial charge on any atom is -0.460 e. The van der Waals surface area contributed by atoms with E-state index in [1.54, 1.807) is 0 Å². The number of hydrogen-bond donors (Lipinski definition) is 0. The van der Waals surface area contributed by atoms with Gasteiger partial charge in [0.15, 0.2) is 0 Å². The second kappa shape index (κ2) is 8.95. The lowest BCUT2D eigenvalue weighted by Gasteiger charge is -2.24. The molecule has 0 bridgehead atoms. The van der Waals surface area contributed by atoms with Crippen molar-refractivity contribution < 1.29 is 41.6 Å². The van der Waals surface area contributed by atoms with Gasteiger partial charge in [-0.25, -0.2) is 4.79 Å². The summed E-state index contributed by atoms with van der Waals surface area (Å²) in [7, 11) is -4.35. The van der Waals surface area contributed by atoms with Gasteiger partial charge in [-0.05, 0) is 6.92 Å². The first kappa shape index (κ1) is 19.8. The molecule has 0 aromatic carbocycles. The molecule has 0 aliphatic heterocycles. The van der Waals surface area contributed by atoms with Crippen LogP contribution in [0, 0.1) is 0 Å². The number of hydrogen-bond acceptors (Lipinski definition) is 9. The number of ether oxygens (including phenoxy) is 1. The van der Waals surface area contributed by atoms with Gasteiger partial charge in [0, 0.05) is 26.3 Å². The Kier molecular flexibility index (Phi) is 8.05. The first-order valence-electron chi connectivity index (χ1n) is 6.13. The Hall–Kier alpha value is -2.20. The highest BCUT2D eigenvalue weighted by Gasteiger charge is 2.57. The van der Waals surface area contributed by atoms with Crippen molar-refractivity contribution in [3.8, 4) is 0 Å². The molecule has 0 spiro atoms. The predicted molar refractivity (Wildman–Crippen MR) is 72.8 cm³/mol. The lowest BCUT2D eigenvalue weighted by molar-refractivity contribution is -0.158. The third kappa shape index (κ3) is 8.17. The van der Waals surface area contributed by atoms with Crippen LogP contribution >= 0.6 is 0 Å². The van der Waals surface area contributed by atoms with Crippen LogP contribution in [-0.4, -0.2) is 46.1 Å². The van der Waals surface area contributed by atoms with E-state index in [0.29, 0.717) is 0 Å². The van der Waals surface area contributed by atoms with Gasteiger partial charge in [0.1, 0.15) is 6.61 Å². The van der Waals surface area contributed by atoms with Crippen LogP contribution in [0.5, 0.6) is 0 Å². The summed E-state index contributed by atoms with van der Waals surface area (Å²) in [5, 5.41) is 0. The smallest absolute Gasteiger partial charge is 0.460 e. The predicted octanol–water partition coefficient (Wildman–Crippen LogP) is 0.247. The van der Waals surface area contributed by atoms with Gasteiger partial charge in [0.05, 0.1) is 6.61 Å². The van der Waals surface area contributed by atoms with Crippen LogP contribution in [0.1, 0.15) is 27.7 Å². The van der Waals surface area contributed by atoms with Crippen molar-refractivity contribution in [3.05, 3.63) is 12.2 Å². The fraction of sp³-hybridized carbons (Fsp3) is 0.500. The van der Waals surface area contributed by atoms with Crippen molar-refractivity contribution in [2.75, 3.05) is 13.2 Å². The summed E-state index contributed by atoms with van der Waals surface area (Å²) in [5.74, 6) is -3.25. The molecule has 0 N–H and O–H groups in total. The molecule has 10 heteroatoms. The second-order valence-corrected chi connectivity index (χ2v) is 5.95. The molecule has 0 aliphatic carbocycles. The molecule has 0 rings (SSSR count). The minimum absolute atomic E-state index is 0.184. The van der Waals surface area contributed by atoms with Crippen LogP contribution in [0.15, 0.2) is 12.2 Å². The zero-order valence-electron chi connectivity index (χ0n) is 12.8. The van der Waals surface area contributed by atoms with Crippen LogP contribution in [-0.2, 0) is 41.6 Å². The molecule has 0 fully saturated rings. The van der Waals surface area contributed by atoms with E-state index in [-0.39, 0.29) is 18.8 Å². The molecular weight excluding hydrogens is 316 g/mol. The summed E-state index contributed by atoms with van der Waals surface area (Å²) in [6.07, 6.45) is 0. The van der Waals surface area contributed by atoms with Crippen molar-refractivity contribution in [1.29, 1.82) is 0 Å². The van der Waals surface area contributed by atoms with E-state index in [4.69, 9.17) is 22.4 Å². The van der Waals surface area contributed by atoms with Crippen LogP contribution in [0.2, 0.25) is 0 Å². The zero-order chi connectivity index (χ0) is 17.3. The van der Waals surface area contributed by atoms with Gasteiger partial charge in [-0.1, -0.05) is 6.58 Å². The molecule has 0 aromatic rings. The van der Waals surface area contributed by atoms with Gasteiger partial charge in [-0.15, -0.1) is 0 Å². The van der Waals surface area contributed by atoms with E-state index < -0.39 is 32.9 Å². The van der Waals surface area contributed by atoms with Gasteiger partial charge < -0.3 is 22.4 Å². The lowest BCUT2D eigenvalue weighted by Crippen LogP contribution is -2.52. The maximum absolute atomic E-state index is 11.2. The molecule has 124 valence electrons. The van der Waals surface area contributed by atoms with E-state index >= 15 is 0 Å². The molecule has 22 heavy (non-hydrogen) atoms. The summed E-state index contributed by atoms with van der Waals surface area (Å²) in [6.45, 7) is 7.36. The molecule has 0 unspecified atom stereocenters. The molecule has 9 nitrogen and oxygen atoms in total. The number of carbonyl (C=O) groups is 4. The van der Waals surface area contributed by atoms with Crippen molar-refractivity contribution >= 4 is 32.9 Å². The van der Waals surface area contributed by atoms with Crippen molar-refractivity contribution in [3.63, 3.8) is 0 Å². The quantitative estimate of drug-likeness (QED) is 0.266. The van der Waals surface area contributed by atoms with Gasteiger partial charge in [0.25, 0.3) is 17.9 Å². The Balaban J connectivity index is 4.84. The first-order chi connectivity index (χ1) is 10.1. The SMILES string of the molecule is C=C(C)C(=O)OCCO[Si](OC(C)=O)(OC(C)=O)OC(C)=O. The monoisotopic (exact) mass is 334 g/mol. The Morgan fingerprint density at radius 2 is 1.23 bits per heavy atom. The Bertz CT molecular complexity index is 430. The van der Waals surface area contributed by atoms with Crippen molar-refractivity contribution in [2.45, 2.75) is 27.7 Å². The normalized spacial score (nSPS) is 10.4. The summed E-state index contributed by atoms with van der Waals surface area (Å²) < 4.78 is 24.1. The van der Waals surface area contributed by atoms with E-state index in [0.717, 1.165) is 20.8 Å². The van der Waals surface area contributed by atoms with Crippen LogP contribution in [0.3, 0.4) is 0 Å². The average molecular weight is 334 g/mol. The van der Waals surface area contributed by atoms with Gasteiger partial charge >= 0.3 is 15.0 Å². The standard InChI is InChI=1S/C12H18O9Si/c1-8(2)12(16)17-6-7-18-22(19-9(3)13,20-10(4)14)21-11(5)15/h1,6-7H2,2-5H3. The molecule has 0 heterocycles. The van der Waals surface area contributed by atoms with Gasteiger partial charge in [-0.2, -0.15) is 0 Å². The fourth-order valence-electron chi connectivity index (χ4n) is 1.10. The van der Waals surface area contributed by atoms with E-state index in [1.807, 2.05) is 0 Å². The molecule has 0 radical (unpaired) electrons. The van der Waals surface area contributed by atoms with Crippen LogP contribution in [0.25, 0.3) is 0 Å². The third-order valence-corrected chi connectivity index (χ3v) is 3.92. The molecular formula is C12H18O9Si. The van der Waals surface area contributed by atoms with Crippen LogP contribution < -0.4 is 0 Å². The maximum atomic E-state index is 11.2. The molecule has 0 atom stereocenters. The molecule has 0 saturated carbocycles. The van der Waals surface area contributed by atoms with Gasteiger partial charge in [-0.3, -0.25) is 14.4 Å². The summed E-state index contributed by atoms with van der Waals surface area (Å²) in [4.78, 5) is 44.5. The molecule has 0 aromatic heterocycles. The Morgan fingerprint density at radius 3 is 1.55 bits per heavy atom. The largest absolute Gasteiger partial charge is 0.899 e. The maximum Gasteiger partial charge on any atom is 0.899 e. The highest BCUT2D eigenvalue weighted by Crippen LogP contribution is 2.13. The number of esters is 1. The average Bonchev–Trinajstić information content (AvgIpc) is 2.31. The van der Waals surface area contributed by atoms with Crippen molar-refractivity contribution in [2.24, 2.45) is 0 Å². The first-order valence-corrected chi connectivity index (χ1v) is 7.76. The van der Waals surface area contributed by atoms with E-state index in [9.17, 15) is 19.2 Å². The molecule has 0 aliphatic rings. The van der Waals surface area contributed by atoms with Gasteiger partial charge in [0.2, 0.25) is 0 Å². The van der Waals surface area contributed by atoms with Crippen molar-refractivity contribution in [1.82, 2.24) is 0 Å². The highest BCUT2D eigenvalue weighted by molar-refractivity contribution is 6.59. The van der Waals surface area contributed by atoms with E-state index in [1.165, 1.54) is 6.92 Å². The minimum atomic E-state index is -4.35. The number of carbonyl (C=O) groups excluding carboxylic acids is 4. The lowest BCUT2D eigenvalue weighted by atomic mass is 10.4.